The zero-order chi connectivity index (χ0) is 14.1. The van der Waals surface area contributed by atoms with Gasteiger partial charge in [0.25, 0.3) is 0 Å². The predicted octanol–water partition coefficient (Wildman–Crippen LogP) is 3.72. The maximum absolute atomic E-state index is 5.94. The molecule has 0 aliphatic carbocycles. The molecule has 4 heteroatoms. The van der Waals surface area contributed by atoms with Gasteiger partial charge in [-0.3, -0.25) is 0 Å². The van der Waals surface area contributed by atoms with E-state index in [1.807, 2.05) is 0 Å². The first-order chi connectivity index (χ1) is 9.67. The third-order valence-corrected chi connectivity index (χ3v) is 3.96. The quantitative estimate of drug-likeness (QED) is 0.769. The summed E-state index contributed by atoms with van der Waals surface area (Å²) in [5.74, 6) is 0.984. The van der Waals surface area contributed by atoms with Gasteiger partial charge in [-0.2, -0.15) is 0 Å². The summed E-state index contributed by atoms with van der Waals surface area (Å²) in [5, 5.41) is 2.49. The number of fused-ring (bicyclic) bond motifs is 1. The molecule has 1 aromatic heterocycles. The molecule has 3 aromatic rings. The first kappa shape index (κ1) is 13.3. The van der Waals surface area contributed by atoms with Crippen LogP contribution in [0.4, 0.5) is 0 Å². The molecule has 3 nitrogen and oxygen atoms in total. The predicted molar refractivity (Wildman–Crippen MR) is 85.9 cm³/mol. The zero-order valence-electron chi connectivity index (χ0n) is 11.2. The van der Waals surface area contributed by atoms with Crippen LogP contribution in [-0.2, 0) is 0 Å². The van der Waals surface area contributed by atoms with Gasteiger partial charge in [0.15, 0.2) is 0 Å². The van der Waals surface area contributed by atoms with E-state index in [0.717, 1.165) is 10.4 Å². The van der Waals surface area contributed by atoms with Crippen molar-refractivity contribution in [1.29, 1.82) is 0 Å². The summed E-state index contributed by atoms with van der Waals surface area (Å²) >= 11 is 3.39. The number of nitrogens with one attached hydrogen (secondary N) is 1. The average molecular weight is 330 g/mol. The molecule has 0 radical (unpaired) electrons. The second kappa shape index (κ2) is 5.38. The van der Waals surface area contributed by atoms with Crippen molar-refractivity contribution >= 4 is 26.7 Å². The summed E-state index contributed by atoms with van der Waals surface area (Å²) in [6.07, 6.45) is 1.77. The molecule has 2 aromatic carbocycles. The number of aryl methyl sites for hydroxylation is 1. The van der Waals surface area contributed by atoms with Crippen molar-refractivity contribution < 1.29 is 0 Å². The summed E-state index contributed by atoms with van der Waals surface area (Å²) in [7, 11) is 0. The Bertz CT molecular complexity index is 748. The first-order valence-corrected chi connectivity index (χ1v) is 7.37. The highest BCUT2D eigenvalue weighted by Gasteiger charge is 2.16. The minimum absolute atomic E-state index is 0.0898. The molecule has 0 saturated carbocycles. The smallest absolute Gasteiger partial charge is 0.115 e. The number of hydrogen-bond donors (Lipinski definition) is 2. The van der Waals surface area contributed by atoms with E-state index in [0.29, 0.717) is 6.54 Å². The molecule has 0 spiro atoms. The van der Waals surface area contributed by atoms with E-state index in [2.05, 4.69) is 69.2 Å². The van der Waals surface area contributed by atoms with Gasteiger partial charge in [0.1, 0.15) is 10.4 Å². The van der Waals surface area contributed by atoms with Crippen LogP contribution in [0.5, 0.6) is 0 Å². The monoisotopic (exact) mass is 329 g/mol. The van der Waals surface area contributed by atoms with Gasteiger partial charge in [0, 0.05) is 6.54 Å². The number of H-pyrrole nitrogens is 1. The average Bonchev–Trinajstić information content (AvgIpc) is 2.86. The second-order valence-electron chi connectivity index (χ2n) is 5.01. The van der Waals surface area contributed by atoms with Crippen LogP contribution in [0, 0.1) is 6.92 Å². The molecular formula is C16H16BrN3. The van der Waals surface area contributed by atoms with Crippen molar-refractivity contribution in [3.63, 3.8) is 0 Å². The van der Waals surface area contributed by atoms with Gasteiger partial charge in [-0.15, -0.1) is 0 Å². The molecule has 1 unspecified atom stereocenters. The molecule has 20 heavy (non-hydrogen) atoms. The number of nitrogens with two attached hydrogens (primary N) is 1. The van der Waals surface area contributed by atoms with Gasteiger partial charge < -0.3 is 10.7 Å². The fraction of sp³-hybridized carbons (Fsp3) is 0.188. The summed E-state index contributed by atoms with van der Waals surface area (Å²) in [4.78, 5) is 7.58. The number of halogens is 1. The number of imidazole rings is 1. The van der Waals surface area contributed by atoms with E-state index in [-0.39, 0.29) is 5.92 Å². The third kappa shape index (κ3) is 2.49. The Kier molecular flexibility index (Phi) is 3.59. The van der Waals surface area contributed by atoms with E-state index in [4.69, 9.17) is 5.73 Å². The molecule has 1 atom stereocenters. The van der Waals surface area contributed by atoms with Crippen molar-refractivity contribution in [2.24, 2.45) is 5.73 Å². The van der Waals surface area contributed by atoms with Crippen molar-refractivity contribution in [3.05, 3.63) is 64.1 Å². The fourth-order valence-electron chi connectivity index (χ4n) is 2.50. The van der Waals surface area contributed by atoms with Crippen LogP contribution < -0.4 is 5.73 Å². The third-order valence-electron chi connectivity index (χ3n) is 3.55. The van der Waals surface area contributed by atoms with E-state index < -0.39 is 0 Å². The molecule has 102 valence electrons. The first-order valence-electron chi connectivity index (χ1n) is 6.58. The molecule has 0 fully saturated rings. The molecule has 0 amide bonds. The Morgan fingerprint density at radius 1 is 1.20 bits per heavy atom. The van der Waals surface area contributed by atoms with Gasteiger partial charge in [0.05, 0.1) is 12.1 Å². The Morgan fingerprint density at radius 3 is 2.65 bits per heavy atom. The highest BCUT2D eigenvalue weighted by Crippen LogP contribution is 2.26. The van der Waals surface area contributed by atoms with Crippen LogP contribution in [0.2, 0.25) is 0 Å². The number of benzene rings is 2. The van der Waals surface area contributed by atoms with E-state index >= 15 is 0 Å². The van der Waals surface area contributed by atoms with E-state index in [1.165, 1.54) is 21.9 Å². The van der Waals surface area contributed by atoms with Gasteiger partial charge in [-0.05, 0) is 39.2 Å². The van der Waals surface area contributed by atoms with Gasteiger partial charge in [-0.25, -0.2) is 4.98 Å². The number of hydrogen-bond acceptors (Lipinski definition) is 2. The molecule has 0 aliphatic rings. The Labute approximate surface area is 126 Å². The van der Waals surface area contributed by atoms with Crippen LogP contribution in [0.3, 0.4) is 0 Å². The summed E-state index contributed by atoms with van der Waals surface area (Å²) < 4.78 is 0.877. The van der Waals surface area contributed by atoms with Crippen LogP contribution in [-0.4, -0.2) is 16.5 Å². The number of aromatic nitrogens is 2. The maximum atomic E-state index is 5.94. The van der Waals surface area contributed by atoms with Gasteiger partial charge >= 0.3 is 0 Å². The minimum Gasteiger partial charge on any atom is -0.336 e. The highest BCUT2D eigenvalue weighted by molar-refractivity contribution is 9.10. The largest absolute Gasteiger partial charge is 0.336 e. The second-order valence-corrected chi connectivity index (χ2v) is 5.87. The van der Waals surface area contributed by atoms with Crippen LogP contribution >= 0.6 is 15.9 Å². The molecule has 1 heterocycles. The maximum Gasteiger partial charge on any atom is 0.115 e. The minimum atomic E-state index is 0.0898. The topological polar surface area (TPSA) is 54.7 Å². The zero-order valence-corrected chi connectivity index (χ0v) is 12.8. The molecule has 3 N–H and O–H groups in total. The number of nitrogens with zero attached hydrogens (tertiary/aromatic N) is 1. The standard InChI is InChI=1S/C16H16BrN3/c1-10-2-3-12-7-13(5-4-11(12)6-10)14(8-18)16-19-9-15(17)20-16/h2-7,9,14H,8,18H2,1H3,(H,19,20). The normalized spacial score (nSPS) is 12.8. The molecule has 0 aliphatic heterocycles. The van der Waals surface area contributed by atoms with Crippen molar-refractivity contribution in [2.75, 3.05) is 6.54 Å². The molecule has 0 bridgehead atoms. The van der Waals surface area contributed by atoms with Gasteiger partial charge in [0.2, 0.25) is 0 Å². The lowest BCUT2D eigenvalue weighted by atomic mass is 9.95. The Hall–Kier alpha value is -1.65. The number of rotatable bonds is 3. The lowest BCUT2D eigenvalue weighted by Crippen LogP contribution is -2.15. The van der Waals surface area contributed by atoms with E-state index in [1.54, 1.807) is 6.20 Å². The molecular weight excluding hydrogens is 314 g/mol. The van der Waals surface area contributed by atoms with E-state index in [9.17, 15) is 0 Å². The summed E-state index contributed by atoms with van der Waals surface area (Å²) in [6.45, 7) is 2.63. The Balaban J connectivity index is 2.05. The molecule has 0 saturated heterocycles. The summed E-state index contributed by atoms with van der Waals surface area (Å²) in [5.41, 5.74) is 8.40. The van der Waals surface area contributed by atoms with Crippen molar-refractivity contribution in [1.82, 2.24) is 9.97 Å². The van der Waals surface area contributed by atoms with Crippen LogP contribution in [0.1, 0.15) is 22.9 Å². The molecule has 3 rings (SSSR count). The lowest BCUT2D eigenvalue weighted by Gasteiger charge is -2.13. The lowest BCUT2D eigenvalue weighted by molar-refractivity contribution is 0.765. The van der Waals surface area contributed by atoms with Crippen LogP contribution in [0.25, 0.3) is 10.8 Å². The SMILES string of the molecule is Cc1ccc2cc(C(CN)c3ncc(Br)[nH]3)ccc2c1. The van der Waals surface area contributed by atoms with Crippen molar-refractivity contribution in [2.45, 2.75) is 12.8 Å². The van der Waals surface area contributed by atoms with Crippen LogP contribution in [0.15, 0.2) is 47.2 Å². The highest BCUT2D eigenvalue weighted by atomic mass is 79.9. The van der Waals surface area contributed by atoms with Gasteiger partial charge in [-0.1, -0.05) is 42.0 Å². The summed E-state index contributed by atoms with van der Waals surface area (Å²) in [6, 6.07) is 13.0. The number of aromatic amines is 1. The van der Waals surface area contributed by atoms with Crippen molar-refractivity contribution in [3.8, 4) is 0 Å². The fourth-order valence-corrected chi connectivity index (χ4v) is 2.80. The Morgan fingerprint density at radius 2 is 1.95 bits per heavy atom.